The molecule has 12 nitrogen and oxygen atoms in total. The van der Waals surface area contributed by atoms with Crippen molar-refractivity contribution in [3.63, 3.8) is 0 Å². The number of aromatic amines is 4. The molecule has 2 unspecified atom stereocenters. The van der Waals surface area contributed by atoms with E-state index < -0.39 is 24.1 Å². The van der Waals surface area contributed by atoms with Gasteiger partial charge in [-0.3, -0.25) is 0 Å². The van der Waals surface area contributed by atoms with Gasteiger partial charge < -0.3 is 49.8 Å². The fraction of sp³-hybridized carbons (Fsp3) is 0.314. The maximum absolute atomic E-state index is 12.0. The van der Waals surface area contributed by atoms with Gasteiger partial charge in [0, 0.05) is 77.8 Å². The highest BCUT2D eigenvalue weighted by Crippen LogP contribution is 2.28. The highest BCUT2D eigenvalue weighted by Gasteiger charge is 2.26. The molecule has 47 heavy (non-hydrogen) atoms. The summed E-state index contributed by atoms with van der Waals surface area (Å²) in [7, 11) is 2.68. The Hall–Kier alpha value is -5.38. The highest BCUT2D eigenvalue weighted by molar-refractivity contribution is 5.74. The zero-order valence-corrected chi connectivity index (χ0v) is 27.3. The number of hydrogen-bond donors (Lipinski definition) is 8. The molecule has 0 bridgehead atoms. The SMILES string of the molecule is C=C=c1c(C)c(O)[nH]c1=Cc1[nH]c(Cc2[nH]c(C=c3[nH]c(O)c(C)c3=C=C)c(C)c2CC(OC)C(=O)O)c(CC(OC)C(=O)O)c1C. The van der Waals surface area contributed by atoms with E-state index in [-0.39, 0.29) is 31.0 Å². The predicted molar refractivity (Wildman–Crippen MR) is 176 cm³/mol. The second-order valence-electron chi connectivity index (χ2n) is 11.4. The summed E-state index contributed by atoms with van der Waals surface area (Å²) in [6.07, 6.45) is 1.69. The number of rotatable bonds is 12. The third-order valence-corrected chi connectivity index (χ3v) is 8.70. The van der Waals surface area contributed by atoms with Crippen LogP contribution in [0.15, 0.2) is 13.2 Å². The highest BCUT2D eigenvalue weighted by atomic mass is 16.5. The van der Waals surface area contributed by atoms with Crippen molar-refractivity contribution in [3.05, 3.63) is 90.4 Å². The Kier molecular flexibility index (Phi) is 10.2. The zero-order valence-electron chi connectivity index (χ0n) is 27.3. The van der Waals surface area contributed by atoms with Crippen LogP contribution in [0, 0.1) is 27.7 Å². The van der Waals surface area contributed by atoms with Crippen LogP contribution in [0.25, 0.3) is 23.6 Å². The molecule has 0 fully saturated rings. The standard InChI is InChI=1S/C35H40N4O8/c1-9-20-18(5)32(40)38-26(20)13-24-16(3)22(11-30(46-7)34(42)43)28(36-24)15-29-23(12-31(47-8)35(44)45)17(4)25(37-29)14-27-21(10-2)19(6)33(41)39-27/h13-14,30-31,36-41H,1-2,11-12,15H2,3-8H3,(H,42,43)(H,44,45). The third-order valence-electron chi connectivity index (χ3n) is 8.70. The number of nitrogens with one attached hydrogen (secondary N) is 4. The largest absolute Gasteiger partial charge is 0.494 e. The van der Waals surface area contributed by atoms with Gasteiger partial charge in [-0.15, -0.1) is 11.5 Å². The smallest absolute Gasteiger partial charge is 0.333 e. The van der Waals surface area contributed by atoms with Crippen molar-refractivity contribution in [1.82, 2.24) is 19.9 Å². The normalized spacial score (nSPS) is 13.5. The van der Waals surface area contributed by atoms with Crippen LogP contribution >= 0.6 is 0 Å². The van der Waals surface area contributed by atoms with E-state index in [1.807, 2.05) is 13.8 Å². The average molecular weight is 645 g/mol. The second kappa shape index (κ2) is 13.9. The van der Waals surface area contributed by atoms with Crippen molar-refractivity contribution in [1.29, 1.82) is 0 Å². The minimum Gasteiger partial charge on any atom is -0.494 e. The summed E-state index contributed by atoms with van der Waals surface area (Å²) in [6, 6.07) is 0. The molecular formula is C35H40N4O8. The van der Waals surface area contributed by atoms with Crippen molar-refractivity contribution >= 4 is 35.6 Å². The molecule has 0 saturated carbocycles. The van der Waals surface area contributed by atoms with Crippen LogP contribution in [0.4, 0.5) is 0 Å². The summed E-state index contributed by atoms with van der Waals surface area (Å²) in [4.78, 5) is 36.7. The fourth-order valence-electron chi connectivity index (χ4n) is 5.84. The topological polar surface area (TPSA) is 197 Å². The molecule has 12 heteroatoms. The molecule has 0 amide bonds. The number of H-pyrrole nitrogens is 4. The molecule has 2 atom stereocenters. The Bertz CT molecular complexity index is 2000. The lowest BCUT2D eigenvalue weighted by Gasteiger charge is -2.14. The van der Waals surface area contributed by atoms with Gasteiger partial charge in [0.1, 0.15) is 0 Å². The molecule has 4 rings (SSSR count). The maximum atomic E-state index is 12.0. The van der Waals surface area contributed by atoms with Gasteiger partial charge in [-0.25, -0.2) is 9.59 Å². The number of carboxylic acid groups (broad SMARTS) is 2. The number of aromatic nitrogens is 4. The van der Waals surface area contributed by atoms with Crippen LogP contribution in [0.3, 0.4) is 0 Å². The summed E-state index contributed by atoms with van der Waals surface area (Å²) in [5.41, 5.74) is 12.5. The quantitative estimate of drug-likeness (QED) is 0.113. The van der Waals surface area contributed by atoms with Gasteiger partial charge in [-0.2, -0.15) is 0 Å². The number of ether oxygens (including phenoxy) is 2. The lowest BCUT2D eigenvalue weighted by molar-refractivity contribution is -0.149. The molecule has 0 aliphatic heterocycles. The van der Waals surface area contributed by atoms with Crippen LogP contribution in [0.5, 0.6) is 11.8 Å². The first-order valence-corrected chi connectivity index (χ1v) is 14.8. The number of hydrogen-bond acceptors (Lipinski definition) is 6. The van der Waals surface area contributed by atoms with Crippen LogP contribution in [0.2, 0.25) is 0 Å². The molecule has 4 aromatic heterocycles. The maximum Gasteiger partial charge on any atom is 0.333 e. The number of aromatic hydroxyl groups is 2. The van der Waals surface area contributed by atoms with E-state index >= 15 is 0 Å². The van der Waals surface area contributed by atoms with E-state index in [0.29, 0.717) is 66.2 Å². The van der Waals surface area contributed by atoms with Crippen molar-refractivity contribution in [2.75, 3.05) is 14.2 Å². The van der Waals surface area contributed by atoms with Crippen molar-refractivity contribution in [3.8, 4) is 11.8 Å². The van der Waals surface area contributed by atoms with E-state index in [2.05, 4.69) is 44.6 Å². The zero-order chi connectivity index (χ0) is 34.7. The van der Waals surface area contributed by atoms with Gasteiger partial charge in [0.25, 0.3) is 0 Å². The van der Waals surface area contributed by atoms with Gasteiger partial charge in [0.2, 0.25) is 0 Å². The molecule has 0 aliphatic carbocycles. The number of aliphatic carboxylic acids is 2. The summed E-state index contributed by atoms with van der Waals surface area (Å²) in [5.74, 6) is -2.26. The second-order valence-corrected chi connectivity index (χ2v) is 11.4. The van der Waals surface area contributed by atoms with E-state index in [1.54, 1.807) is 26.0 Å². The molecule has 0 aliphatic rings. The molecular weight excluding hydrogens is 604 g/mol. The summed E-state index contributed by atoms with van der Waals surface area (Å²) < 4.78 is 10.6. The van der Waals surface area contributed by atoms with Crippen LogP contribution in [0.1, 0.15) is 56.2 Å². The molecule has 248 valence electrons. The van der Waals surface area contributed by atoms with Crippen molar-refractivity contribution in [2.24, 2.45) is 0 Å². The van der Waals surface area contributed by atoms with Gasteiger partial charge in [-0.1, -0.05) is 13.2 Å². The lowest BCUT2D eigenvalue weighted by atomic mass is 9.97. The third kappa shape index (κ3) is 6.77. The number of methoxy groups -OCH3 is 2. The first kappa shape index (κ1) is 34.5. The fourth-order valence-corrected chi connectivity index (χ4v) is 5.84. The Labute approximate surface area is 270 Å². The van der Waals surface area contributed by atoms with Crippen molar-refractivity contribution in [2.45, 2.75) is 59.2 Å². The summed E-state index contributed by atoms with van der Waals surface area (Å²) in [6.45, 7) is 14.7. The lowest BCUT2D eigenvalue weighted by Crippen LogP contribution is -2.26. The van der Waals surface area contributed by atoms with Gasteiger partial charge >= 0.3 is 11.9 Å². The molecule has 0 spiro atoms. The van der Waals surface area contributed by atoms with Crippen molar-refractivity contribution < 1.29 is 39.5 Å². The average Bonchev–Trinajstić information content (AvgIpc) is 3.67. The Balaban J connectivity index is 1.96. The van der Waals surface area contributed by atoms with E-state index in [4.69, 9.17) is 9.47 Å². The number of carboxylic acids is 2. The predicted octanol–water partition coefficient (Wildman–Crippen LogP) is 1.31. The van der Waals surface area contributed by atoms with E-state index in [9.17, 15) is 30.0 Å². The van der Waals surface area contributed by atoms with E-state index in [0.717, 1.165) is 11.1 Å². The Morgan fingerprint density at radius 3 is 1.36 bits per heavy atom. The monoisotopic (exact) mass is 644 g/mol. The first-order chi connectivity index (χ1) is 22.3. The van der Waals surface area contributed by atoms with Gasteiger partial charge in [0.15, 0.2) is 24.0 Å². The van der Waals surface area contributed by atoms with Crippen LogP contribution in [-0.4, -0.2) is 78.7 Å². The summed E-state index contributed by atoms with van der Waals surface area (Å²) >= 11 is 0. The molecule has 4 heterocycles. The Morgan fingerprint density at radius 2 is 1.06 bits per heavy atom. The van der Waals surface area contributed by atoms with Gasteiger partial charge in [0.05, 0.1) is 10.7 Å². The minimum atomic E-state index is -1.12. The molecule has 0 aromatic carbocycles. The van der Waals surface area contributed by atoms with E-state index in [1.165, 1.54) is 14.2 Å². The summed E-state index contributed by atoms with van der Waals surface area (Å²) in [5, 5.41) is 42.5. The number of carbonyl (C=O) groups is 2. The Morgan fingerprint density at radius 1 is 0.702 bits per heavy atom. The van der Waals surface area contributed by atoms with Gasteiger partial charge in [-0.05, 0) is 62.1 Å². The first-order valence-electron chi connectivity index (χ1n) is 14.8. The van der Waals surface area contributed by atoms with Crippen LogP contribution < -0.4 is 21.1 Å². The molecule has 4 aromatic rings. The molecule has 0 radical (unpaired) electrons. The molecule has 8 N–H and O–H groups in total. The van der Waals surface area contributed by atoms with Crippen LogP contribution in [-0.2, 0) is 38.3 Å². The minimum absolute atomic E-state index is 0.0124. The molecule has 0 saturated heterocycles.